The van der Waals surface area contributed by atoms with Crippen LogP contribution in [-0.4, -0.2) is 28.1 Å². The zero-order valence-electron chi connectivity index (χ0n) is 18.7. The van der Waals surface area contributed by atoms with Crippen molar-refractivity contribution in [3.63, 3.8) is 0 Å². The minimum absolute atomic E-state index is 0.260. The average Bonchev–Trinajstić information content (AvgIpc) is 3.55. The van der Waals surface area contributed by atoms with Gasteiger partial charge in [0.2, 0.25) is 0 Å². The standard InChI is InChI=1S/C23H19F3O5S5/c1-29-16-5-9-18(10-6-16)35(31-36(27,28)23(24,25)26,19-11-7-17(30-2)8-12-19)22-14-13-21(34-22)33-20-4-3-15-32-20/h3-15H,1-2H3. The minimum atomic E-state index is -6.00. The highest BCUT2D eigenvalue weighted by Gasteiger charge is 2.53. The van der Waals surface area contributed by atoms with Crippen LogP contribution in [0.3, 0.4) is 0 Å². The van der Waals surface area contributed by atoms with Gasteiger partial charge in [-0.3, -0.25) is 0 Å². The molecule has 13 heteroatoms. The Morgan fingerprint density at radius 2 is 1.33 bits per heavy atom. The first-order chi connectivity index (χ1) is 17.1. The van der Waals surface area contributed by atoms with Crippen molar-refractivity contribution >= 4 is 54.9 Å². The summed E-state index contributed by atoms with van der Waals surface area (Å²) in [7, 11) is -6.48. The van der Waals surface area contributed by atoms with E-state index in [2.05, 4.69) is 0 Å². The van der Waals surface area contributed by atoms with Gasteiger partial charge in [-0.25, -0.2) is 0 Å². The third-order valence-corrected chi connectivity index (χ3v) is 13.5. The van der Waals surface area contributed by atoms with Crippen LogP contribution in [0, 0.1) is 0 Å². The molecule has 4 rings (SSSR count). The van der Waals surface area contributed by atoms with Gasteiger partial charge in [0.15, 0.2) is 0 Å². The molecule has 5 nitrogen and oxygen atoms in total. The van der Waals surface area contributed by atoms with E-state index >= 15 is 0 Å². The maximum Gasteiger partial charge on any atom is 0.524 e. The number of alkyl halides is 3. The SMILES string of the molecule is COc1ccc(S(OS(=O)(=O)C(F)(F)F)(c2ccc(OC)cc2)c2ccc(Sc3cccs3)s2)cc1. The Kier molecular flexibility index (Phi) is 7.98. The van der Waals surface area contributed by atoms with Crippen molar-refractivity contribution in [3.05, 3.63) is 78.2 Å². The molecule has 0 saturated carbocycles. The van der Waals surface area contributed by atoms with Gasteiger partial charge in [0.05, 0.1) is 26.8 Å². The van der Waals surface area contributed by atoms with Gasteiger partial charge in [0.1, 0.15) is 11.5 Å². The quantitative estimate of drug-likeness (QED) is 0.183. The molecule has 0 aliphatic rings. The number of methoxy groups -OCH3 is 2. The van der Waals surface area contributed by atoms with Crippen LogP contribution in [0.1, 0.15) is 0 Å². The summed E-state index contributed by atoms with van der Waals surface area (Å²) >= 11 is 4.15. The molecule has 2 aromatic heterocycles. The first-order valence-electron chi connectivity index (χ1n) is 10.0. The second-order valence-electron chi connectivity index (χ2n) is 6.98. The number of thiophene rings is 2. The molecule has 0 spiro atoms. The molecular weight excluding hydrogens is 574 g/mol. The van der Waals surface area contributed by atoms with E-state index in [1.165, 1.54) is 72.9 Å². The molecule has 0 radical (unpaired) electrons. The Balaban J connectivity index is 1.97. The van der Waals surface area contributed by atoms with Crippen LogP contribution in [-0.2, 0) is 13.7 Å². The maximum atomic E-state index is 13.7. The monoisotopic (exact) mass is 592 g/mol. The van der Waals surface area contributed by atoms with Crippen LogP contribution >= 0.6 is 44.7 Å². The predicted molar refractivity (Wildman–Crippen MR) is 137 cm³/mol. The van der Waals surface area contributed by atoms with Crippen molar-refractivity contribution < 1.29 is 34.7 Å². The Morgan fingerprint density at radius 1 is 0.778 bits per heavy atom. The number of benzene rings is 2. The second-order valence-corrected chi connectivity index (χ2v) is 15.3. The molecule has 192 valence electrons. The van der Waals surface area contributed by atoms with Gasteiger partial charge in [0.25, 0.3) is 0 Å². The normalized spacial score (nSPS) is 12.9. The summed E-state index contributed by atoms with van der Waals surface area (Å²) in [6, 6.07) is 19.5. The van der Waals surface area contributed by atoms with Gasteiger partial charge >= 0.3 is 15.6 Å². The molecule has 36 heavy (non-hydrogen) atoms. The van der Waals surface area contributed by atoms with Gasteiger partial charge in [0, 0.05) is 9.79 Å². The van der Waals surface area contributed by atoms with Crippen molar-refractivity contribution in [3.8, 4) is 11.5 Å². The van der Waals surface area contributed by atoms with E-state index in [4.69, 9.17) is 13.1 Å². The molecule has 0 amide bonds. The fourth-order valence-corrected chi connectivity index (χ4v) is 12.1. The highest BCUT2D eigenvalue weighted by atomic mass is 32.3. The Bertz CT molecular complexity index is 1350. The summed E-state index contributed by atoms with van der Waals surface area (Å²) in [4.78, 5) is 0.520. The van der Waals surface area contributed by atoms with E-state index in [1.54, 1.807) is 36.4 Å². The molecule has 0 bridgehead atoms. The summed E-state index contributed by atoms with van der Waals surface area (Å²) < 4.78 is 83.8. The van der Waals surface area contributed by atoms with Crippen molar-refractivity contribution in [1.29, 1.82) is 0 Å². The number of rotatable bonds is 9. The van der Waals surface area contributed by atoms with Crippen LogP contribution < -0.4 is 9.47 Å². The molecule has 4 aromatic rings. The number of ether oxygens (including phenoxy) is 2. The molecule has 0 fully saturated rings. The Hall–Kier alpha value is -2.16. The average molecular weight is 593 g/mol. The third kappa shape index (κ3) is 5.41. The molecule has 0 aliphatic carbocycles. The lowest BCUT2D eigenvalue weighted by atomic mass is 10.3. The Labute approximate surface area is 220 Å². The number of halogens is 3. The zero-order chi connectivity index (χ0) is 26.0. The Morgan fingerprint density at radius 3 is 1.78 bits per heavy atom. The largest absolute Gasteiger partial charge is 0.524 e. The van der Waals surface area contributed by atoms with Gasteiger partial charge in [-0.05, 0) is 82.4 Å². The second kappa shape index (κ2) is 10.7. The summed E-state index contributed by atoms with van der Waals surface area (Å²) in [5.74, 6) is 0.918. The van der Waals surface area contributed by atoms with Gasteiger partial charge < -0.3 is 9.47 Å². The molecule has 0 unspecified atom stereocenters. The number of hydrogen-bond acceptors (Lipinski definition) is 8. The molecule has 2 aromatic carbocycles. The maximum absolute atomic E-state index is 13.7. The van der Waals surface area contributed by atoms with Crippen molar-refractivity contribution in [2.45, 2.75) is 27.9 Å². The molecule has 0 saturated heterocycles. The lowest BCUT2D eigenvalue weighted by Gasteiger charge is -2.38. The van der Waals surface area contributed by atoms with Crippen LogP contribution in [0.25, 0.3) is 0 Å². The van der Waals surface area contributed by atoms with E-state index in [9.17, 15) is 21.6 Å². The van der Waals surface area contributed by atoms with Crippen LogP contribution in [0.4, 0.5) is 13.2 Å². The van der Waals surface area contributed by atoms with E-state index < -0.39 is 25.9 Å². The van der Waals surface area contributed by atoms with E-state index in [0.29, 0.717) is 15.7 Å². The molecule has 0 aliphatic heterocycles. The van der Waals surface area contributed by atoms with Gasteiger partial charge in [-0.15, -0.1) is 22.7 Å². The first-order valence-corrected chi connectivity index (χ1v) is 15.5. The van der Waals surface area contributed by atoms with Gasteiger partial charge in [-0.2, -0.15) is 25.2 Å². The topological polar surface area (TPSA) is 61.8 Å². The van der Waals surface area contributed by atoms with E-state index in [1.807, 2.05) is 17.5 Å². The molecule has 2 heterocycles. The minimum Gasteiger partial charge on any atom is -0.497 e. The van der Waals surface area contributed by atoms with E-state index in [0.717, 1.165) is 8.42 Å². The van der Waals surface area contributed by atoms with Crippen molar-refractivity contribution in [2.75, 3.05) is 14.2 Å². The summed E-state index contributed by atoms with van der Waals surface area (Å²) in [6.07, 6.45) is 0. The van der Waals surface area contributed by atoms with Crippen molar-refractivity contribution in [2.24, 2.45) is 0 Å². The predicted octanol–water partition coefficient (Wildman–Crippen LogP) is 8.04. The highest BCUT2D eigenvalue weighted by molar-refractivity contribution is 8.34. The smallest absolute Gasteiger partial charge is 0.497 e. The zero-order valence-corrected chi connectivity index (χ0v) is 22.8. The number of hydrogen-bond donors (Lipinski definition) is 0. The molecule has 0 atom stereocenters. The summed E-state index contributed by atoms with van der Waals surface area (Å²) in [5.41, 5.74) is -5.62. The van der Waals surface area contributed by atoms with E-state index in [-0.39, 0.29) is 9.79 Å². The first kappa shape index (κ1) is 26.9. The summed E-state index contributed by atoms with van der Waals surface area (Å²) in [6.45, 7) is 0. The third-order valence-electron chi connectivity index (χ3n) is 4.79. The molecular formula is C23H19F3O5S5. The van der Waals surface area contributed by atoms with Crippen LogP contribution in [0.15, 0.2) is 101 Å². The van der Waals surface area contributed by atoms with Gasteiger partial charge in [-0.1, -0.05) is 17.8 Å². The van der Waals surface area contributed by atoms with Crippen LogP contribution in [0.5, 0.6) is 11.5 Å². The lowest BCUT2D eigenvalue weighted by molar-refractivity contribution is -0.0496. The fourth-order valence-electron chi connectivity index (χ4n) is 3.12. The summed E-state index contributed by atoms with van der Waals surface area (Å²) in [5, 5.41) is 1.92. The van der Waals surface area contributed by atoms with Crippen molar-refractivity contribution in [1.82, 2.24) is 0 Å². The highest BCUT2D eigenvalue weighted by Crippen LogP contribution is 2.72. The van der Waals surface area contributed by atoms with Crippen LogP contribution in [0.2, 0.25) is 0 Å². The fraction of sp³-hybridized carbons (Fsp3) is 0.130. The lowest BCUT2D eigenvalue weighted by Crippen LogP contribution is -2.27. The molecule has 0 N–H and O–H groups in total.